The second-order valence-corrected chi connectivity index (χ2v) is 5.68. The topological polar surface area (TPSA) is 35.2 Å². The van der Waals surface area contributed by atoms with Crippen LogP contribution in [-0.4, -0.2) is 7.11 Å². The highest BCUT2D eigenvalue weighted by Gasteiger charge is 2.13. The van der Waals surface area contributed by atoms with Gasteiger partial charge >= 0.3 is 0 Å². The fourth-order valence-corrected chi connectivity index (χ4v) is 2.73. The number of nitrogens with two attached hydrogens (primary N) is 1. The van der Waals surface area contributed by atoms with Crippen molar-refractivity contribution in [3.8, 4) is 5.75 Å². The van der Waals surface area contributed by atoms with Gasteiger partial charge in [-0.1, -0.05) is 29.8 Å². The Morgan fingerprint density at radius 3 is 2.75 bits per heavy atom. The van der Waals surface area contributed by atoms with Crippen LogP contribution in [0.4, 0.5) is 4.39 Å². The third-order valence-electron chi connectivity index (χ3n) is 3.08. The van der Waals surface area contributed by atoms with Crippen molar-refractivity contribution in [1.29, 1.82) is 0 Å². The number of halogens is 3. The zero-order valence-electron chi connectivity index (χ0n) is 10.9. The summed E-state index contributed by atoms with van der Waals surface area (Å²) >= 11 is 9.18. The first-order valence-corrected chi connectivity index (χ1v) is 7.22. The Labute approximate surface area is 130 Å². The maximum absolute atomic E-state index is 13.9. The molecule has 2 N–H and O–H groups in total. The molecule has 2 aromatic rings. The molecule has 0 saturated heterocycles. The van der Waals surface area contributed by atoms with Crippen molar-refractivity contribution in [3.63, 3.8) is 0 Å². The van der Waals surface area contributed by atoms with Gasteiger partial charge in [-0.05, 0) is 51.7 Å². The van der Waals surface area contributed by atoms with E-state index in [0.29, 0.717) is 12.0 Å². The molecule has 0 aliphatic heterocycles. The van der Waals surface area contributed by atoms with Crippen molar-refractivity contribution in [1.82, 2.24) is 0 Å². The second-order valence-electron chi connectivity index (χ2n) is 4.42. The smallest absolute Gasteiger partial charge is 0.145 e. The molecule has 2 rings (SSSR count). The van der Waals surface area contributed by atoms with Gasteiger partial charge in [0, 0.05) is 6.04 Å². The molecule has 0 aliphatic carbocycles. The summed E-state index contributed by atoms with van der Waals surface area (Å²) < 4.78 is 19.8. The predicted octanol–water partition coefficient (Wildman–Crippen LogP) is 4.49. The third-order valence-corrected chi connectivity index (χ3v) is 3.99. The quantitative estimate of drug-likeness (QED) is 0.874. The van der Waals surface area contributed by atoms with Gasteiger partial charge in [0.2, 0.25) is 0 Å². The SMILES string of the molecule is COc1ccc(C(N)Cc2cccc(Cl)c2F)cc1Br. The molecule has 106 valence electrons. The van der Waals surface area contributed by atoms with Crippen LogP contribution in [0.5, 0.6) is 5.75 Å². The third kappa shape index (κ3) is 3.32. The largest absolute Gasteiger partial charge is 0.496 e. The van der Waals surface area contributed by atoms with Crippen LogP contribution in [-0.2, 0) is 6.42 Å². The molecule has 0 heterocycles. The second kappa shape index (κ2) is 6.57. The van der Waals surface area contributed by atoms with Gasteiger partial charge in [-0.25, -0.2) is 4.39 Å². The summed E-state index contributed by atoms with van der Waals surface area (Å²) in [6, 6.07) is 10.2. The minimum atomic E-state index is -0.405. The van der Waals surface area contributed by atoms with E-state index in [0.717, 1.165) is 15.8 Å². The van der Waals surface area contributed by atoms with Gasteiger partial charge in [-0.15, -0.1) is 0 Å². The fourth-order valence-electron chi connectivity index (χ4n) is 1.97. The van der Waals surface area contributed by atoms with E-state index in [2.05, 4.69) is 15.9 Å². The van der Waals surface area contributed by atoms with Crippen LogP contribution < -0.4 is 10.5 Å². The van der Waals surface area contributed by atoms with Crippen molar-refractivity contribution < 1.29 is 9.13 Å². The van der Waals surface area contributed by atoms with Gasteiger partial charge in [0.25, 0.3) is 0 Å². The summed E-state index contributed by atoms with van der Waals surface area (Å²) in [6.45, 7) is 0. The number of rotatable bonds is 4. The van der Waals surface area contributed by atoms with Crippen LogP contribution >= 0.6 is 27.5 Å². The minimum Gasteiger partial charge on any atom is -0.496 e. The Kier molecular flexibility index (Phi) is 5.02. The summed E-state index contributed by atoms with van der Waals surface area (Å²) in [5.41, 5.74) is 7.55. The van der Waals surface area contributed by atoms with E-state index >= 15 is 0 Å². The Hall–Kier alpha value is -1.10. The number of methoxy groups -OCH3 is 1. The highest BCUT2D eigenvalue weighted by atomic mass is 79.9. The normalized spacial score (nSPS) is 12.2. The number of benzene rings is 2. The number of hydrogen-bond donors (Lipinski definition) is 1. The monoisotopic (exact) mass is 357 g/mol. The molecule has 0 aromatic heterocycles. The number of ether oxygens (including phenoxy) is 1. The maximum Gasteiger partial charge on any atom is 0.145 e. The van der Waals surface area contributed by atoms with Crippen molar-refractivity contribution in [2.45, 2.75) is 12.5 Å². The molecule has 20 heavy (non-hydrogen) atoms. The Balaban J connectivity index is 2.21. The van der Waals surface area contributed by atoms with E-state index < -0.39 is 5.82 Å². The van der Waals surface area contributed by atoms with E-state index in [1.165, 1.54) is 6.07 Å². The van der Waals surface area contributed by atoms with E-state index in [1.54, 1.807) is 19.2 Å². The Bertz CT molecular complexity index is 621. The standard InChI is InChI=1S/C15H14BrClFNO/c1-20-14-6-5-9(7-11(14)16)13(19)8-10-3-2-4-12(17)15(10)18/h2-7,13H,8,19H2,1H3. The van der Waals surface area contributed by atoms with E-state index in [4.69, 9.17) is 22.1 Å². The van der Waals surface area contributed by atoms with E-state index in [1.807, 2.05) is 18.2 Å². The molecule has 2 nitrogen and oxygen atoms in total. The molecule has 0 amide bonds. The van der Waals surface area contributed by atoms with Crippen LogP contribution in [0, 0.1) is 5.82 Å². The van der Waals surface area contributed by atoms with Crippen LogP contribution in [0.1, 0.15) is 17.2 Å². The number of hydrogen-bond acceptors (Lipinski definition) is 2. The first-order valence-electron chi connectivity index (χ1n) is 6.05. The minimum absolute atomic E-state index is 0.116. The van der Waals surface area contributed by atoms with Crippen LogP contribution in [0.15, 0.2) is 40.9 Å². The summed E-state index contributed by atoms with van der Waals surface area (Å²) in [6.07, 6.45) is 0.380. The van der Waals surface area contributed by atoms with Gasteiger partial charge in [0.1, 0.15) is 11.6 Å². The van der Waals surface area contributed by atoms with Crippen molar-refractivity contribution in [3.05, 3.63) is 62.8 Å². The van der Waals surface area contributed by atoms with Crippen LogP contribution in [0.3, 0.4) is 0 Å². The Morgan fingerprint density at radius 2 is 2.10 bits per heavy atom. The molecule has 5 heteroatoms. The van der Waals surface area contributed by atoms with Gasteiger partial charge in [-0.3, -0.25) is 0 Å². The first kappa shape index (κ1) is 15.3. The fraction of sp³-hybridized carbons (Fsp3) is 0.200. The zero-order valence-corrected chi connectivity index (χ0v) is 13.2. The average molecular weight is 359 g/mol. The van der Waals surface area contributed by atoms with Crippen molar-refractivity contribution in [2.75, 3.05) is 7.11 Å². The molecule has 0 fully saturated rings. The highest BCUT2D eigenvalue weighted by molar-refractivity contribution is 9.10. The molecule has 0 saturated carbocycles. The Morgan fingerprint density at radius 1 is 1.35 bits per heavy atom. The highest BCUT2D eigenvalue weighted by Crippen LogP contribution is 2.29. The average Bonchev–Trinajstić information content (AvgIpc) is 2.43. The lowest BCUT2D eigenvalue weighted by Crippen LogP contribution is -2.14. The molecular formula is C15H14BrClFNO. The lowest BCUT2D eigenvalue weighted by atomic mass is 9.99. The van der Waals surface area contributed by atoms with E-state index in [-0.39, 0.29) is 11.1 Å². The molecular weight excluding hydrogens is 345 g/mol. The summed E-state index contributed by atoms with van der Waals surface area (Å²) in [5, 5.41) is 0.116. The maximum atomic E-state index is 13.9. The molecule has 1 atom stereocenters. The van der Waals surface area contributed by atoms with Gasteiger partial charge in [-0.2, -0.15) is 0 Å². The summed E-state index contributed by atoms with van der Waals surface area (Å²) in [4.78, 5) is 0. The van der Waals surface area contributed by atoms with Crippen LogP contribution in [0.25, 0.3) is 0 Å². The van der Waals surface area contributed by atoms with Gasteiger partial charge in [0.05, 0.1) is 16.6 Å². The van der Waals surface area contributed by atoms with Crippen LogP contribution in [0.2, 0.25) is 5.02 Å². The zero-order chi connectivity index (χ0) is 14.7. The summed E-state index contributed by atoms with van der Waals surface area (Å²) in [7, 11) is 1.60. The van der Waals surface area contributed by atoms with Crippen molar-refractivity contribution >= 4 is 27.5 Å². The molecule has 2 aromatic carbocycles. The lowest BCUT2D eigenvalue weighted by Gasteiger charge is -2.14. The predicted molar refractivity (Wildman–Crippen MR) is 82.7 cm³/mol. The molecule has 0 radical (unpaired) electrons. The van der Waals surface area contributed by atoms with E-state index in [9.17, 15) is 4.39 Å². The molecule has 0 spiro atoms. The molecule has 1 unspecified atom stereocenters. The van der Waals surface area contributed by atoms with Gasteiger partial charge in [0.15, 0.2) is 0 Å². The molecule has 0 bridgehead atoms. The molecule has 0 aliphatic rings. The van der Waals surface area contributed by atoms with Crippen molar-refractivity contribution in [2.24, 2.45) is 5.73 Å². The lowest BCUT2D eigenvalue weighted by molar-refractivity contribution is 0.412. The van der Waals surface area contributed by atoms with Gasteiger partial charge < -0.3 is 10.5 Å². The first-order chi connectivity index (χ1) is 9.52. The summed E-state index contributed by atoms with van der Waals surface area (Å²) in [5.74, 6) is 0.326.